The summed E-state index contributed by atoms with van der Waals surface area (Å²) in [5, 5.41) is 1.23. The van der Waals surface area contributed by atoms with E-state index in [1.165, 1.54) is 6.20 Å². The molecule has 4 N–H and O–H groups in total. The fourth-order valence-electron chi connectivity index (χ4n) is 1.70. The van der Waals surface area contributed by atoms with E-state index < -0.39 is 0 Å². The zero-order valence-corrected chi connectivity index (χ0v) is 14.1. The number of halogens is 3. The van der Waals surface area contributed by atoms with Crippen LogP contribution in [0.1, 0.15) is 14.9 Å². The van der Waals surface area contributed by atoms with Crippen LogP contribution in [0.4, 0.5) is 11.4 Å². The van der Waals surface area contributed by atoms with Gasteiger partial charge in [-0.15, -0.1) is 0 Å². The molecule has 3 rings (SSSR count). The number of aromatic nitrogens is 2. The van der Waals surface area contributed by atoms with E-state index in [9.17, 15) is 0 Å². The Kier molecular flexibility index (Phi) is 9.91. The molecule has 4 nitrogen and oxygen atoms in total. The van der Waals surface area contributed by atoms with Gasteiger partial charge in [0.1, 0.15) is 0 Å². The van der Waals surface area contributed by atoms with Gasteiger partial charge >= 0.3 is 0 Å². The van der Waals surface area contributed by atoms with Crippen molar-refractivity contribution in [3.05, 3.63) is 70.1 Å². The maximum Gasteiger partial charge on any atom is 0.153 e. The van der Waals surface area contributed by atoms with Gasteiger partial charge in [0.25, 0.3) is 0 Å². The van der Waals surface area contributed by atoms with E-state index in [0.717, 1.165) is 11.3 Å². The lowest BCUT2D eigenvalue weighted by atomic mass is 10.1. The summed E-state index contributed by atoms with van der Waals surface area (Å²) in [6.45, 7) is 0. The van der Waals surface area contributed by atoms with Crippen molar-refractivity contribution in [2.75, 3.05) is 11.5 Å². The van der Waals surface area contributed by atoms with Crippen LogP contribution in [0.2, 0.25) is 15.2 Å². The zero-order valence-electron chi connectivity index (χ0n) is 11.9. The van der Waals surface area contributed by atoms with Gasteiger partial charge in [-0.2, -0.15) is 0 Å². The number of nitrogens with two attached hydrogens (primary N) is 2. The lowest BCUT2D eigenvalue weighted by molar-refractivity contribution is 1.33. The van der Waals surface area contributed by atoms with Gasteiger partial charge in [-0.05, 0) is 12.1 Å². The molecular weight excluding hydrogens is 379 g/mol. The monoisotopic (exact) mass is 398 g/mol. The fraction of sp³-hybridized carbons (Fsp3) is 0.111. The van der Waals surface area contributed by atoms with Gasteiger partial charge in [-0.25, -0.2) is 4.98 Å². The molecule has 0 radical (unpaired) electrons. The lowest BCUT2D eigenvalue weighted by Crippen LogP contribution is -1.93. The molecule has 134 valence electrons. The Morgan fingerprint density at radius 2 is 1.20 bits per heavy atom. The molecule has 0 amide bonds. The van der Waals surface area contributed by atoms with Crippen molar-refractivity contribution >= 4 is 46.2 Å². The van der Waals surface area contributed by atoms with Crippen molar-refractivity contribution in [1.29, 1.82) is 0 Å². The van der Waals surface area contributed by atoms with Crippen LogP contribution in [-0.4, -0.2) is 9.97 Å². The quantitative estimate of drug-likeness (QED) is 0.476. The number of benzene rings is 1. The molecule has 0 saturated carbocycles. The number of hydrogen-bond donors (Lipinski definition) is 2. The molecule has 0 saturated heterocycles. The highest BCUT2D eigenvalue weighted by Crippen LogP contribution is 2.28. The third-order valence-corrected chi connectivity index (χ3v) is 3.83. The van der Waals surface area contributed by atoms with Gasteiger partial charge in [0.15, 0.2) is 5.15 Å². The van der Waals surface area contributed by atoms with E-state index in [1.807, 2.05) is 30.3 Å². The summed E-state index contributed by atoms with van der Waals surface area (Å²) < 4.78 is 0. The first-order chi connectivity index (χ1) is 11.0. The molecule has 2 aromatic heterocycles. The highest BCUT2D eigenvalue weighted by Gasteiger charge is 2.05. The third-order valence-electron chi connectivity index (χ3n) is 2.87. The Bertz CT molecular complexity index is 775. The predicted molar refractivity (Wildman–Crippen MR) is 111 cm³/mol. The number of pyridine rings is 2. The predicted octanol–water partition coefficient (Wildman–Crippen LogP) is 6.23. The molecule has 0 aliphatic rings. The second-order valence-corrected chi connectivity index (χ2v) is 5.59. The summed E-state index contributed by atoms with van der Waals surface area (Å²) in [4.78, 5) is 7.90. The van der Waals surface area contributed by atoms with E-state index >= 15 is 0 Å². The third kappa shape index (κ3) is 6.09. The van der Waals surface area contributed by atoms with Crippen LogP contribution in [0, 0.1) is 0 Å². The Hall–Kier alpha value is -2.01. The zero-order chi connectivity index (χ0) is 16.8. The van der Waals surface area contributed by atoms with Crippen LogP contribution >= 0.6 is 34.8 Å². The van der Waals surface area contributed by atoms with Gasteiger partial charge in [0.2, 0.25) is 0 Å². The number of rotatable bonds is 1. The fourth-order valence-corrected chi connectivity index (χ4v) is 2.20. The molecular formula is C18H21Cl3N4. The van der Waals surface area contributed by atoms with Crippen molar-refractivity contribution < 1.29 is 0 Å². The molecule has 3 aromatic rings. The van der Waals surface area contributed by atoms with Crippen LogP contribution in [0.3, 0.4) is 0 Å². The molecule has 0 aliphatic heterocycles. The highest BCUT2D eigenvalue weighted by atomic mass is 35.5. The Balaban J connectivity index is 0.000000462. The Morgan fingerprint density at radius 1 is 0.680 bits per heavy atom. The number of nitrogen functional groups attached to an aromatic ring is 2. The van der Waals surface area contributed by atoms with Gasteiger partial charge in [-0.3, -0.25) is 4.98 Å². The van der Waals surface area contributed by atoms with Crippen LogP contribution in [0.5, 0.6) is 0 Å². The number of anilines is 2. The van der Waals surface area contributed by atoms with Crippen molar-refractivity contribution in [1.82, 2.24) is 9.97 Å². The lowest BCUT2D eigenvalue weighted by Gasteiger charge is -2.05. The second-order valence-electron chi connectivity index (χ2n) is 4.42. The van der Waals surface area contributed by atoms with Crippen molar-refractivity contribution in [2.24, 2.45) is 0 Å². The minimum Gasteiger partial charge on any atom is -0.396 e. The second kappa shape index (κ2) is 10.8. The molecule has 0 aliphatic carbocycles. The summed E-state index contributed by atoms with van der Waals surface area (Å²) >= 11 is 17.0. The van der Waals surface area contributed by atoms with Gasteiger partial charge in [-0.1, -0.05) is 80.0 Å². The highest BCUT2D eigenvalue weighted by molar-refractivity contribution is 6.38. The number of nitrogens with zero attached hydrogens (tertiary/aromatic N) is 2. The molecule has 0 fully saturated rings. The summed E-state index contributed by atoms with van der Waals surface area (Å²) in [6, 6.07) is 13.0. The first kappa shape index (κ1) is 23.0. The van der Waals surface area contributed by atoms with E-state index in [-0.39, 0.29) is 20.0 Å². The van der Waals surface area contributed by atoms with Crippen molar-refractivity contribution in [3.63, 3.8) is 0 Å². The first-order valence-electron chi connectivity index (χ1n) is 6.51. The summed E-state index contributed by atoms with van der Waals surface area (Å²) in [7, 11) is 0. The molecule has 2 heterocycles. The van der Waals surface area contributed by atoms with E-state index in [0.29, 0.717) is 21.4 Å². The first-order valence-corrected chi connectivity index (χ1v) is 7.65. The Morgan fingerprint density at radius 3 is 1.72 bits per heavy atom. The molecule has 1 aromatic carbocycles. The SMILES string of the molecule is C.C.Nc1c(Cl)ccnc1-c1ccccc1.Nc1c(Cl)ccnc1Cl. The van der Waals surface area contributed by atoms with Gasteiger partial charge in [0.05, 0.1) is 27.1 Å². The normalized spacial score (nSPS) is 9.08. The van der Waals surface area contributed by atoms with Gasteiger partial charge in [0, 0.05) is 18.0 Å². The molecule has 0 unspecified atom stereocenters. The smallest absolute Gasteiger partial charge is 0.153 e. The van der Waals surface area contributed by atoms with E-state index in [1.54, 1.807) is 18.3 Å². The minimum absolute atomic E-state index is 0. The molecule has 0 spiro atoms. The average Bonchev–Trinajstić information content (AvgIpc) is 2.56. The Labute approximate surface area is 163 Å². The van der Waals surface area contributed by atoms with Crippen molar-refractivity contribution in [3.8, 4) is 11.3 Å². The molecule has 0 bridgehead atoms. The minimum atomic E-state index is 0. The molecule has 25 heavy (non-hydrogen) atoms. The van der Waals surface area contributed by atoms with Crippen LogP contribution < -0.4 is 11.5 Å². The topological polar surface area (TPSA) is 77.8 Å². The van der Waals surface area contributed by atoms with E-state index in [4.69, 9.17) is 46.3 Å². The molecule has 7 heteroatoms. The maximum atomic E-state index is 5.90. The van der Waals surface area contributed by atoms with Crippen LogP contribution in [-0.2, 0) is 0 Å². The average molecular weight is 400 g/mol. The molecule has 0 atom stereocenters. The summed E-state index contributed by atoms with van der Waals surface area (Å²) in [5.74, 6) is 0. The van der Waals surface area contributed by atoms with Crippen LogP contribution in [0.15, 0.2) is 54.9 Å². The maximum absolute atomic E-state index is 5.90. The standard InChI is InChI=1S/C11H9ClN2.C5H4Cl2N2.2CH4/c12-9-6-7-14-11(10(9)13)8-4-2-1-3-5-8;6-3-1-2-9-5(7)4(3)8;;/h1-7H,13H2;1-2H,8H2;2*1H4. The van der Waals surface area contributed by atoms with Gasteiger partial charge < -0.3 is 11.5 Å². The largest absolute Gasteiger partial charge is 0.396 e. The van der Waals surface area contributed by atoms with Crippen molar-refractivity contribution in [2.45, 2.75) is 14.9 Å². The summed E-state index contributed by atoms with van der Waals surface area (Å²) in [5.41, 5.74) is 13.8. The van der Waals surface area contributed by atoms with Crippen LogP contribution in [0.25, 0.3) is 11.3 Å². The number of hydrogen-bond acceptors (Lipinski definition) is 4. The van der Waals surface area contributed by atoms with E-state index in [2.05, 4.69) is 9.97 Å². The summed E-state index contributed by atoms with van der Waals surface area (Å²) in [6.07, 6.45) is 3.15.